The van der Waals surface area contributed by atoms with Gasteiger partial charge in [-0.2, -0.15) is 0 Å². The Morgan fingerprint density at radius 3 is 2.72 bits per heavy atom. The van der Waals surface area contributed by atoms with E-state index in [-0.39, 0.29) is 29.5 Å². The number of anilines is 1. The Balaban J connectivity index is 1.98. The summed E-state index contributed by atoms with van der Waals surface area (Å²) in [5.41, 5.74) is 1.13. The minimum atomic E-state index is -1.09. The number of amides is 2. The second kappa shape index (κ2) is 8.11. The third-order valence-corrected chi connectivity index (χ3v) is 4.28. The molecule has 1 aliphatic rings. The van der Waals surface area contributed by atoms with Gasteiger partial charge in [0.05, 0.1) is 17.2 Å². The minimum Gasteiger partial charge on any atom is -0.478 e. The standard InChI is InChI=1S/C18H25N3O4/c1-12-5-6-15(14(9-12)18(24)25)19-17(23)13-10-16(22)21(11-13)8-4-7-20(2)3/h5-6,9,13H,4,7-8,10-11H2,1-3H3,(H,19,23)(H,24,25). The van der Waals surface area contributed by atoms with Crippen molar-refractivity contribution < 1.29 is 19.5 Å². The van der Waals surface area contributed by atoms with Gasteiger partial charge in [-0.05, 0) is 46.1 Å². The van der Waals surface area contributed by atoms with Crippen molar-refractivity contribution in [3.8, 4) is 0 Å². The monoisotopic (exact) mass is 347 g/mol. The van der Waals surface area contributed by atoms with E-state index in [4.69, 9.17) is 0 Å². The van der Waals surface area contributed by atoms with Crippen molar-refractivity contribution in [3.63, 3.8) is 0 Å². The summed E-state index contributed by atoms with van der Waals surface area (Å²) >= 11 is 0. The predicted octanol–water partition coefficient (Wildman–Crippen LogP) is 1.43. The van der Waals surface area contributed by atoms with Crippen LogP contribution in [0.3, 0.4) is 0 Å². The summed E-state index contributed by atoms with van der Waals surface area (Å²) in [5.74, 6) is -1.88. The van der Waals surface area contributed by atoms with Gasteiger partial charge in [-0.3, -0.25) is 9.59 Å². The quantitative estimate of drug-likeness (QED) is 0.779. The number of carboxylic acids is 1. The number of rotatable bonds is 7. The predicted molar refractivity (Wildman–Crippen MR) is 94.6 cm³/mol. The smallest absolute Gasteiger partial charge is 0.337 e. The number of nitrogens with zero attached hydrogens (tertiary/aromatic N) is 2. The van der Waals surface area contributed by atoms with Gasteiger partial charge in [-0.1, -0.05) is 11.6 Å². The van der Waals surface area contributed by atoms with E-state index in [1.54, 1.807) is 24.0 Å². The second-order valence-electron chi connectivity index (χ2n) is 6.74. The lowest BCUT2D eigenvalue weighted by atomic mass is 10.1. The third kappa shape index (κ3) is 5.03. The Morgan fingerprint density at radius 2 is 2.08 bits per heavy atom. The summed E-state index contributed by atoms with van der Waals surface area (Å²) in [6.45, 7) is 3.68. The highest BCUT2D eigenvalue weighted by molar-refractivity contribution is 6.02. The van der Waals surface area contributed by atoms with Gasteiger partial charge in [0, 0.05) is 19.5 Å². The van der Waals surface area contributed by atoms with Gasteiger partial charge in [0.15, 0.2) is 0 Å². The molecular formula is C18H25N3O4. The number of benzene rings is 1. The molecule has 0 radical (unpaired) electrons. The molecule has 0 saturated carbocycles. The molecule has 1 saturated heterocycles. The number of carbonyl (C=O) groups is 3. The molecule has 25 heavy (non-hydrogen) atoms. The highest BCUT2D eigenvalue weighted by atomic mass is 16.4. The average Bonchev–Trinajstić information content (AvgIpc) is 2.90. The molecule has 1 atom stereocenters. The lowest BCUT2D eigenvalue weighted by Gasteiger charge is -2.18. The molecule has 1 aromatic rings. The molecule has 0 spiro atoms. The van der Waals surface area contributed by atoms with Crippen LogP contribution < -0.4 is 5.32 Å². The van der Waals surface area contributed by atoms with Gasteiger partial charge in [0.1, 0.15) is 0 Å². The summed E-state index contributed by atoms with van der Waals surface area (Å²) in [7, 11) is 3.95. The average molecular weight is 347 g/mol. The lowest BCUT2D eigenvalue weighted by molar-refractivity contribution is -0.128. The van der Waals surface area contributed by atoms with Crippen LogP contribution in [0.2, 0.25) is 0 Å². The molecule has 0 bridgehead atoms. The van der Waals surface area contributed by atoms with Crippen molar-refractivity contribution in [2.24, 2.45) is 5.92 Å². The number of nitrogens with one attached hydrogen (secondary N) is 1. The molecule has 2 N–H and O–H groups in total. The first-order valence-corrected chi connectivity index (χ1v) is 8.35. The van der Waals surface area contributed by atoms with Crippen LogP contribution in [0.5, 0.6) is 0 Å². The molecule has 1 heterocycles. The summed E-state index contributed by atoms with van der Waals surface area (Å²) in [5, 5.41) is 11.9. The lowest BCUT2D eigenvalue weighted by Crippen LogP contribution is -2.30. The van der Waals surface area contributed by atoms with Gasteiger partial charge in [0.2, 0.25) is 11.8 Å². The fraction of sp³-hybridized carbons (Fsp3) is 0.500. The molecule has 0 aromatic heterocycles. The number of likely N-dealkylation sites (tertiary alicyclic amines) is 1. The number of hydrogen-bond acceptors (Lipinski definition) is 4. The Hall–Kier alpha value is -2.41. The van der Waals surface area contributed by atoms with E-state index >= 15 is 0 Å². The summed E-state index contributed by atoms with van der Waals surface area (Å²) < 4.78 is 0. The normalized spacial score (nSPS) is 17.2. The zero-order valence-electron chi connectivity index (χ0n) is 14.9. The number of carboxylic acid groups (broad SMARTS) is 1. The van der Waals surface area contributed by atoms with E-state index in [1.807, 2.05) is 14.1 Å². The van der Waals surface area contributed by atoms with E-state index < -0.39 is 11.9 Å². The number of aromatic carboxylic acids is 1. The molecule has 7 heteroatoms. The summed E-state index contributed by atoms with van der Waals surface area (Å²) in [4.78, 5) is 39.6. The van der Waals surface area contributed by atoms with Gasteiger partial charge in [-0.25, -0.2) is 4.79 Å². The largest absolute Gasteiger partial charge is 0.478 e. The number of hydrogen-bond donors (Lipinski definition) is 2. The number of carbonyl (C=O) groups excluding carboxylic acids is 2. The molecule has 0 aliphatic carbocycles. The van der Waals surface area contributed by atoms with E-state index in [1.165, 1.54) is 6.07 Å². The van der Waals surface area contributed by atoms with Crippen LogP contribution in [0.4, 0.5) is 5.69 Å². The highest BCUT2D eigenvalue weighted by Gasteiger charge is 2.34. The molecule has 136 valence electrons. The summed E-state index contributed by atoms with van der Waals surface area (Å²) in [6.07, 6.45) is 1.02. The van der Waals surface area contributed by atoms with Gasteiger partial charge < -0.3 is 20.2 Å². The fourth-order valence-electron chi connectivity index (χ4n) is 2.92. The van der Waals surface area contributed by atoms with Gasteiger partial charge >= 0.3 is 5.97 Å². The minimum absolute atomic E-state index is 0.0266. The van der Waals surface area contributed by atoms with Crippen LogP contribution in [0.25, 0.3) is 0 Å². The first-order valence-electron chi connectivity index (χ1n) is 8.35. The Bertz CT molecular complexity index is 672. The zero-order chi connectivity index (χ0) is 18.6. The molecule has 2 rings (SSSR count). The molecule has 1 aliphatic heterocycles. The van der Waals surface area contributed by atoms with Crippen LogP contribution in [0.15, 0.2) is 18.2 Å². The molecule has 7 nitrogen and oxygen atoms in total. The maximum absolute atomic E-state index is 12.5. The summed E-state index contributed by atoms with van der Waals surface area (Å²) in [6, 6.07) is 4.85. The van der Waals surface area contributed by atoms with E-state index in [0.29, 0.717) is 13.1 Å². The van der Waals surface area contributed by atoms with Crippen LogP contribution in [0.1, 0.15) is 28.8 Å². The number of aryl methyl sites for hydroxylation is 1. The molecule has 1 aromatic carbocycles. The Labute approximate surface area is 147 Å². The Kier molecular flexibility index (Phi) is 6.14. The maximum Gasteiger partial charge on any atom is 0.337 e. The van der Waals surface area contributed by atoms with Crippen molar-refractivity contribution in [2.75, 3.05) is 39.0 Å². The highest BCUT2D eigenvalue weighted by Crippen LogP contribution is 2.22. The van der Waals surface area contributed by atoms with E-state index in [9.17, 15) is 19.5 Å². The van der Waals surface area contributed by atoms with Gasteiger partial charge in [-0.15, -0.1) is 0 Å². The SMILES string of the molecule is Cc1ccc(NC(=O)C2CC(=O)N(CCCN(C)C)C2)c(C(=O)O)c1. The van der Waals surface area contributed by atoms with Crippen molar-refractivity contribution in [1.29, 1.82) is 0 Å². The second-order valence-corrected chi connectivity index (χ2v) is 6.74. The molecular weight excluding hydrogens is 322 g/mol. The van der Waals surface area contributed by atoms with Crippen LogP contribution >= 0.6 is 0 Å². The molecule has 1 fully saturated rings. The van der Waals surface area contributed by atoms with Crippen molar-refractivity contribution in [2.45, 2.75) is 19.8 Å². The van der Waals surface area contributed by atoms with Crippen LogP contribution in [-0.4, -0.2) is 66.4 Å². The van der Waals surface area contributed by atoms with Crippen molar-refractivity contribution in [3.05, 3.63) is 29.3 Å². The van der Waals surface area contributed by atoms with Gasteiger partial charge in [0.25, 0.3) is 0 Å². The van der Waals surface area contributed by atoms with E-state index in [0.717, 1.165) is 18.5 Å². The zero-order valence-corrected chi connectivity index (χ0v) is 14.9. The van der Waals surface area contributed by atoms with E-state index in [2.05, 4.69) is 10.2 Å². The Morgan fingerprint density at radius 1 is 1.36 bits per heavy atom. The molecule has 1 unspecified atom stereocenters. The first kappa shape index (κ1) is 18.9. The fourth-order valence-corrected chi connectivity index (χ4v) is 2.92. The van der Waals surface area contributed by atoms with Crippen molar-refractivity contribution >= 4 is 23.5 Å². The third-order valence-electron chi connectivity index (χ3n) is 4.28. The topological polar surface area (TPSA) is 90.0 Å². The first-order chi connectivity index (χ1) is 11.8. The molecule has 2 amide bonds. The van der Waals surface area contributed by atoms with Crippen LogP contribution in [0, 0.1) is 12.8 Å². The van der Waals surface area contributed by atoms with Crippen LogP contribution in [-0.2, 0) is 9.59 Å². The maximum atomic E-state index is 12.5. The van der Waals surface area contributed by atoms with Crippen molar-refractivity contribution in [1.82, 2.24) is 9.80 Å².